The molecule has 5 nitrogen and oxygen atoms in total. The molecule has 0 amide bonds. The normalized spacial score (nSPS) is 14.0. The van der Waals surface area contributed by atoms with Gasteiger partial charge in [0.25, 0.3) is 0 Å². The first kappa shape index (κ1) is 14.5. The molecule has 3 aromatic heterocycles. The van der Waals surface area contributed by atoms with Crippen LogP contribution in [0, 0.1) is 0 Å². The lowest BCUT2D eigenvalue weighted by atomic mass is 9.97. The van der Waals surface area contributed by atoms with E-state index in [1.807, 2.05) is 19.2 Å². The van der Waals surface area contributed by atoms with E-state index in [4.69, 9.17) is 14.8 Å². The van der Waals surface area contributed by atoms with Crippen LogP contribution in [0.5, 0.6) is 0 Å². The van der Waals surface area contributed by atoms with Crippen molar-refractivity contribution in [1.29, 1.82) is 0 Å². The van der Waals surface area contributed by atoms with Gasteiger partial charge in [0.05, 0.1) is 12.5 Å². The summed E-state index contributed by atoms with van der Waals surface area (Å²) in [4.78, 5) is 21.7. The molecule has 6 heteroatoms. The van der Waals surface area contributed by atoms with Crippen LogP contribution < -0.4 is 5.06 Å². The molecular formula is C17H18N4OS. The first-order valence-corrected chi connectivity index (χ1v) is 8.60. The lowest BCUT2D eigenvalue weighted by molar-refractivity contribution is 0.183. The van der Waals surface area contributed by atoms with E-state index < -0.39 is 0 Å². The highest BCUT2D eigenvalue weighted by molar-refractivity contribution is 7.19. The fourth-order valence-corrected chi connectivity index (χ4v) is 4.33. The van der Waals surface area contributed by atoms with E-state index in [0.29, 0.717) is 5.82 Å². The van der Waals surface area contributed by atoms with Crippen LogP contribution in [-0.4, -0.2) is 29.1 Å². The van der Waals surface area contributed by atoms with Gasteiger partial charge in [-0.3, -0.25) is 9.82 Å². The highest BCUT2D eigenvalue weighted by Gasteiger charge is 2.23. The fraction of sp³-hybridized carbons (Fsp3) is 0.353. The van der Waals surface area contributed by atoms with Crippen LogP contribution >= 0.6 is 11.3 Å². The second-order valence-electron chi connectivity index (χ2n) is 5.68. The molecule has 23 heavy (non-hydrogen) atoms. The molecule has 0 atom stereocenters. The van der Waals surface area contributed by atoms with E-state index in [9.17, 15) is 0 Å². The predicted molar refractivity (Wildman–Crippen MR) is 92.7 cm³/mol. The molecular weight excluding hydrogens is 308 g/mol. The number of hydroxylamine groups is 1. The van der Waals surface area contributed by atoms with Gasteiger partial charge in [0.2, 0.25) is 0 Å². The van der Waals surface area contributed by atoms with Gasteiger partial charge in [-0.15, -0.1) is 11.3 Å². The van der Waals surface area contributed by atoms with Gasteiger partial charge in [-0.05, 0) is 43.4 Å². The van der Waals surface area contributed by atoms with E-state index in [-0.39, 0.29) is 0 Å². The first-order valence-electron chi connectivity index (χ1n) is 7.78. The number of pyridine rings is 1. The van der Waals surface area contributed by atoms with Crippen molar-refractivity contribution in [3.63, 3.8) is 0 Å². The average molecular weight is 326 g/mol. The molecule has 0 aromatic carbocycles. The molecule has 0 spiro atoms. The van der Waals surface area contributed by atoms with Crippen molar-refractivity contribution in [3.05, 3.63) is 35.0 Å². The zero-order valence-electron chi connectivity index (χ0n) is 13.2. The van der Waals surface area contributed by atoms with Crippen molar-refractivity contribution in [2.24, 2.45) is 0 Å². The minimum atomic E-state index is 0.697. The molecule has 1 aliphatic carbocycles. The van der Waals surface area contributed by atoms with Crippen LogP contribution in [0.15, 0.2) is 24.5 Å². The monoisotopic (exact) mass is 326 g/mol. The van der Waals surface area contributed by atoms with Gasteiger partial charge in [0.15, 0.2) is 11.6 Å². The third-order valence-electron chi connectivity index (χ3n) is 4.29. The van der Waals surface area contributed by atoms with E-state index in [1.165, 1.54) is 23.3 Å². The van der Waals surface area contributed by atoms with Crippen LogP contribution in [0.2, 0.25) is 0 Å². The fourth-order valence-electron chi connectivity index (χ4n) is 3.08. The van der Waals surface area contributed by atoms with Crippen LogP contribution in [-0.2, 0) is 17.7 Å². The van der Waals surface area contributed by atoms with E-state index in [1.54, 1.807) is 35.9 Å². The van der Waals surface area contributed by atoms with Crippen molar-refractivity contribution in [1.82, 2.24) is 15.0 Å². The Hall–Kier alpha value is -2.05. The average Bonchev–Trinajstić information content (AvgIpc) is 2.99. The largest absolute Gasteiger partial charge is 0.276 e. The van der Waals surface area contributed by atoms with Crippen LogP contribution in [0.1, 0.15) is 23.3 Å². The Morgan fingerprint density at radius 3 is 2.87 bits per heavy atom. The topological polar surface area (TPSA) is 51.1 Å². The summed E-state index contributed by atoms with van der Waals surface area (Å²) in [6, 6.07) is 3.89. The molecule has 0 saturated heterocycles. The molecule has 0 N–H and O–H groups in total. The Kier molecular flexibility index (Phi) is 3.71. The maximum Gasteiger partial charge on any atom is 0.165 e. The van der Waals surface area contributed by atoms with Crippen molar-refractivity contribution >= 4 is 27.4 Å². The van der Waals surface area contributed by atoms with Gasteiger partial charge < -0.3 is 0 Å². The summed E-state index contributed by atoms with van der Waals surface area (Å²) in [5, 5.41) is 2.88. The SMILES string of the molecule is CON(C)c1nc(-c2cccnc2)nc2sc3c(c12)CCCC3. The van der Waals surface area contributed by atoms with Crippen molar-refractivity contribution < 1.29 is 4.84 Å². The zero-order valence-corrected chi connectivity index (χ0v) is 14.1. The van der Waals surface area contributed by atoms with Crippen LogP contribution in [0.4, 0.5) is 5.82 Å². The Balaban J connectivity index is 1.98. The number of hydrogen-bond acceptors (Lipinski definition) is 6. The minimum Gasteiger partial charge on any atom is -0.276 e. The summed E-state index contributed by atoms with van der Waals surface area (Å²) >= 11 is 1.80. The smallest absolute Gasteiger partial charge is 0.165 e. The number of aromatic nitrogens is 3. The lowest BCUT2D eigenvalue weighted by Gasteiger charge is -2.18. The van der Waals surface area contributed by atoms with E-state index >= 15 is 0 Å². The first-order chi connectivity index (χ1) is 11.3. The Morgan fingerprint density at radius 2 is 2.09 bits per heavy atom. The van der Waals surface area contributed by atoms with Crippen LogP contribution in [0.25, 0.3) is 21.6 Å². The van der Waals surface area contributed by atoms with Gasteiger partial charge in [-0.25, -0.2) is 15.0 Å². The Bertz CT molecular complexity index is 847. The summed E-state index contributed by atoms with van der Waals surface area (Å²) in [7, 11) is 3.55. The molecule has 0 saturated carbocycles. The molecule has 1 aliphatic rings. The molecule has 0 unspecified atom stereocenters. The van der Waals surface area contributed by atoms with Crippen molar-refractivity contribution in [3.8, 4) is 11.4 Å². The highest BCUT2D eigenvalue weighted by Crippen LogP contribution is 2.40. The number of aryl methyl sites for hydroxylation is 2. The van der Waals surface area contributed by atoms with E-state index in [0.717, 1.165) is 34.4 Å². The Labute approximate surface area is 138 Å². The molecule has 0 aliphatic heterocycles. The Morgan fingerprint density at radius 1 is 1.22 bits per heavy atom. The maximum atomic E-state index is 5.43. The maximum absolute atomic E-state index is 5.43. The number of hydrogen-bond donors (Lipinski definition) is 0. The molecule has 0 radical (unpaired) electrons. The second kappa shape index (κ2) is 5.86. The number of fused-ring (bicyclic) bond motifs is 3. The van der Waals surface area contributed by atoms with Crippen molar-refractivity contribution in [2.45, 2.75) is 25.7 Å². The molecule has 118 valence electrons. The highest BCUT2D eigenvalue weighted by atomic mass is 32.1. The van der Waals surface area contributed by atoms with Gasteiger partial charge in [-0.1, -0.05) is 0 Å². The van der Waals surface area contributed by atoms with Gasteiger partial charge in [-0.2, -0.15) is 0 Å². The molecule has 3 aromatic rings. The quantitative estimate of drug-likeness (QED) is 0.688. The third kappa shape index (κ3) is 2.48. The minimum absolute atomic E-state index is 0.697. The molecule has 4 rings (SSSR count). The number of nitrogens with zero attached hydrogens (tertiary/aromatic N) is 4. The summed E-state index contributed by atoms with van der Waals surface area (Å²) in [5.41, 5.74) is 2.33. The van der Waals surface area contributed by atoms with Gasteiger partial charge in [0.1, 0.15) is 4.83 Å². The summed E-state index contributed by atoms with van der Waals surface area (Å²) < 4.78 is 0. The lowest BCUT2D eigenvalue weighted by Crippen LogP contribution is -2.17. The van der Waals surface area contributed by atoms with Gasteiger partial charge in [0, 0.05) is 29.9 Å². The number of rotatable bonds is 3. The van der Waals surface area contributed by atoms with E-state index in [2.05, 4.69) is 4.98 Å². The third-order valence-corrected chi connectivity index (χ3v) is 5.47. The number of anilines is 1. The van der Waals surface area contributed by atoms with Crippen molar-refractivity contribution in [2.75, 3.05) is 19.2 Å². The predicted octanol–water partition coefficient (Wildman–Crippen LogP) is 3.63. The van der Waals surface area contributed by atoms with Gasteiger partial charge >= 0.3 is 0 Å². The molecule has 0 bridgehead atoms. The molecule has 3 heterocycles. The summed E-state index contributed by atoms with van der Waals surface area (Å²) in [5.74, 6) is 1.54. The zero-order chi connectivity index (χ0) is 15.8. The van der Waals surface area contributed by atoms with Crippen LogP contribution in [0.3, 0.4) is 0 Å². The summed E-state index contributed by atoms with van der Waals surface area (Å²) in [6.07, 6.45) is 8.31. The molecule has 0 fully saturated rings. The standard InChI is InChI=1S/C17H18N4OS/c1-21(22-2)16-14-12-7-3-4-8-13(12)23-17(14)20-15(19-16)11-6-5-9-18-10-11/h5-6,9-10H,3-4,7-8H2,1-2H3. The summed E-state index contributed by atoms with van der Waals surface area (Å²) in [6.45, 7) is 0. The number of thiophene rings is 1. The second-order valence-corrected chi connectivity index (χ2v) is 6.77.